The number of aromatic carboxylic acids is 1. The van der Waals surface area contributed by atoms with Crippen molar-refractivity contribution in [3.63, 3.8) is 0 Å². The van der Waals surface area contributed by atoms with Crippen molar-refractivity contribution in [1.82, 2.24) is 4.90 Å². The monoisotopic (exact) mass is 373 g/mol. The maximum Gasteiger partial charge on any atom is 0.335 e. The standard InChI is InChI=1S/C19H20ClN3O3/c20-16-3-1-2-4-17(16)21-18(13-24)23-11-9-22(10-12-23)15-7-5-14(6-8-15)19(25)26/h1-8,13,18,21H,9-12H2,(H,25,26). The molecule has 7 heteroatoms. The molecule has 0 aliphatic carbocycles. The number of rotatable bonds is 6. The molecule has 3 rings (SSSR count). The van der Waals surface area contributed by atoms with Crippen LogP contribution in [0.2, 0.25) is 5.02 Å². The normalized spacial score (nSPS) is 16.1. The Morgan fingerprint density at radius 1 is 1.08 bits per heavy atom. The lowest BCUT2D eigenvalue weighted by molar-refractivity contribution is -0.111. The molecule has 1 atom stereocenters. The van der Waals surface area contributed by atoms with Crippen LogP contribution < -0.4 is 10.2 Å². The minimum atomic E-state index is -0.930. The fraction of sp³-hybridized carbons (Fsp3) is 0.263. The summed E-state index contributed by atoms with van der Waals surface area (Å²) in [5, 5.41) is 12.7. The van der Waals surface area contributed by atoms with Gasteiger partial charge in [-0.15, -0.1) is 0 Å². The number of hydrogen-bond acceptors (Lipinski definition) is 5. The SMILES string of the molecule is O=CC(Nc1ccccc1Cl)N1CCN(c2ccc(C(=O)O)cc2)CC1. The lowest BCUT2D eigenvalue weighted by Gasteiger charge is -2.39. The summed E-state index contributed by atoms with van der Waals surface area (Å²) in [5.74, 6) is -0.930. The molecule has 2 aromatic carbocycles. The smallest absolute Gasteiger partial charge is 0.335 e. The third-order valence-corrected chi connectivity index (χ3v) is 4.82. The van der Waals surface area contributed by atoms with Crippen molar-refractivity contribution in [2.75, 3.05) is 36.4 Å². The van der Waals surface area contributed by atoms with E-state index in [1.165, 1.54) is 0 Å². The van der Waals surface area contributed by atoms with E-state index in [4.69, 9.17) is 16.7 Å². The highest BCUT2D eigenvalue weighted by Gasteiger charge is 2.24. The van der Waals surface area contributed by atoms with Crippen LogP contribution in [0.1, 0.15) is 10.4 Å². The summed E-state index contributed by atoms with van der Waals surface area (Å²) in [4.78, 5) is 26.7. The Labute approximate surface area is 157 Å². The molecular weight excluding hydrogens is 354 g/mol. The molecule has 1 unspecified atom stereocenters. The van der Waals surface area contributed by atoms with E-state index in [-0.39, 0.29) is 5.56 Å². The minimum Gasteiger partial charge on any atom is -0.478 e. The Hall–Kier alpha value is -2.57. The summed E-state index contributed by atoms with van der Waals surface area (Å²) in [7, 11) is 0. The van der Waals surface area contributed by atoms with Gasteiger partial charge in [0, 0.05) is 31.9 Å². The van der Waals surface area contributed by atoms with Crippen LogP contribution in [0, 0.1) is 0 Å². The molecule has 2 N–H and O–H groups in total. The summed E-state index contributed by atoms with van der Waals surface area (Å²) < 4.78 is 0. The van der Waals surface area contributed by atoms with Gasteiger partial charge in [-0.05, 0) is 36.4 Å². The molecule has 1 fully saturated rings. The highest BCUT2D eigenvalue weighted by molar-refractivity contribution is 6.33. The number of para-hydroxylation sites is 1. The van der Waals surface area contributed by atoms with Crippen molar-refractivity contribution in [1.29, 1.82) is 0 Å². The van der Waals surface area contributed by atoms with Gasteiger partial charge in [0.2, 0.25) is 0 Å². The van der Waals surface area contributed by atoms with E-state index in [9.17, 15) is 9.59 Å². The van der Waals surface area contributed by atoms with Gasteiger partial charge in [0.05, 0.1) is 16.3 Å². The number of anilines is 2. The van der Waals surface area contributed by atoms with Gasteiger partial charge in [-0.25, -0.2) is 4.79 Å². The van der Waals surface area contributed by atoms with Crippen LogP contribution in [-0.2, 0) is 4.79 Å². The quantitative estimate of drug-likeness (QED) is 0.758. The van der Waals surface area contributed by atoms with Gasteiger partial charge in [-0.2, -0.15) is 0 Å². The molecule has 0 bridgehead atoms. The Balaban J connectivity index is 1.60. The fourth-order valence-corrected chi connectivity index (χ4v) is 3.21. The van der Waals surface area contributed by atoms with E-state index in [1.807, 2.05) is 30.3 Å². The Bertz CT molecular complexity index is 774. The van der Waals surface area contributed by atoms with Crippen LogP contribution in [0.3, 0.4) is 0 Å². The van der Waals surface area contributed by atoms with Gasteiger partial charge in [-0.1, -0.05) is 23.7 Å². The molecule has 0 spiro atoms. The minimum absolute atomic E-state index is 0.275. The molecule has 2 aromatic rings. The number of carboxylic acid groups (broad SMARTS) is 1. The fourth-order valence-electron chi connectivity index (χ4n) is 3.02. The van der Waals surface area contributed by atoms with Crippen molar-refractivity contribution in [2.45, 2.75) is 6.17 Å². The molecule has 1 aliphatic heterocycles. The van der Waals surface area contributed by atoms with E-state index in [0.717, 1.165) is 30.8 Å². The number of carbonyl (C=O) groups excluding carboxylic acids is 1. The summed E-state index contributed by atoms with van der Waals surface area (Å²) in [6, 6.07) is 14.2. The van der Waals surface area contributed by atoms with Gasteiger partial charge < -0.3 is 15.3 Å². The van der Waals surface area contributed by atoms with Crippen LogP contribution in [0.15, 0.2) is 48.5 Å². The zero-order chi connectivity index (χ0) is 18.5. The maximum absolute atomic E-state index is 11.6. The van der Waals surface area contributed by atoms with Crippen molar-refractivity contribution < 1.29 is 14.7 Å². The molecule has 1 heterocycles. The topological polar surface area (TPSA) is 72.9 Å². The van der Waals surface area contributed by atoms with Crippen molar-refractivity contribution in [2.24, 2.45) is 0 Å². The summed E-state index contributed by atoms with van der Waals surface area (Å²) in [5.41, 5.74) is 1.99. The first-order valence-electron chi connectivity index (χ1n) is 8.37. The predicted octanol–water partition coefficient (Wildman–Crippen LogP) is 2.80. The van der Waals surface area contributed by atoms with Gasteiger partial charge >= 0.3 is 5.97 Å². The molecule has 1 saturated heterocycles. The van der Waals surface area contributed by atoms with Gasteiger partial charge in [0.1, 0.15) is 6.17 Å². The average Bonchev–Trinajstić information content (AvgIpc) is 2.68. The molecule has 136 valence electrons. The number of hydrogen-bond donors (Lipinski definition) is 2. The van der Waals surface area contributed by atoms with Gasteiger partial charge in [-0.3, -0.25) is 9.69 Å². The molecule has 6 nitrogen and oxygen atoms in total. The number of aldehydes is 1. The van der Waals surface area contributed by atoms with E-state index in [2.05, 4.69) is 15.1 Å². The Morgan fingerprint density at radius 3 is 2.31 bits per heavy atom. The number of nitrogens with zero attached hydrogens (tertiary/aromatic N) is 2. The van der Waals surface area contributed by atoms with Crippen LogP contribution in [0.25, 0.3) is 0 Å². The van der Waals surface area contributed by atoms with E-state index in [0.29, 0.717) is 18.1 Å². The van der Waals surface area contributed by atoms with Crippen LogP contribution in [-0.4, -0.2) is 54.6 Å². The first-order chi connectivity index (χ1) is 12.6. The molecule has 26 heavy (non-hydrogen) atoms. The second-order valence-electron chi connectivity index (χ2n) is 6.08. The first-order valence-corrected chi connectivity index (χ1v) is 8.75. The zero-order valence-corrected chi connectivity index (χ0v) is 14.9. The highest BCUT2D eigenvalue weighted by atomic mass is 35.5. The number of benzene rings is 2. The lowest BCUT2D eigenvalue weighted by atomic mass is 10.2. The lowest BCUT2D eigenvalue weighted by Crippen LogP contribution is -2.53. The number of piperazine rings is 1. The van der Waals surface area contributed by atoms with Crippen LogP contribution in [0.5, 0.6) is 0 Å². The molecular formula is C19H20ClN3O3. The van der Waals surface area contributed by atoms with Gasteiger partial charge in [0.15, 0.2) is 6.29 Å². The summed E-state index contributed by atoms with van der Waals surface area (Å²) >= 11 is 6.16. The molecule has 0 saturated carbocycles. The predicted molar refractivity (Wildman–Crippen MR) is 102 cm³/mol. The highest BCUT2D eigenvalue weighted by Crippen LogP contribution is 2.23. The third-order valence-electron chi connectivity index (χ3n) is 4.49. The van der Waals surface area contributed by atoms with Crippen molar-refractivity contribution in [3.8, 4) is 0 Å². The molecule has 0 aromatic heterocycles. The number of halogens is 1. The van der Waals surface area contributed by atoms with Crippen molar-refractivity contribution >= 4 is 35.2 Å². The molecule has 0 radical (unpaired) electrons. The summed E-state index contributed by atoms with van der Waals surface area (Å²) in [6.07, 6.45) is 0.451. The van der Waals surface area contributed by atoms with E-state index >= 15 is 0 Å². The second-order valence-corrected chi connectivity index (χ2v) is 6.49. The van der Waals surface area contributed by atoms with E-state index < -0.39 is 12.1 Å². The Kier molecular flexibility index (Phi) is 5.75. The number of carbonyl (C=O) groups is 2. The van der Waals surface area contributed by atoms with E-state index in [1.54, 1.807) is 18.2 Å². The third kappa shape index (κ3) is 4.15. The van der Waals surface area contributed by atoms with Gasteiger partial charge in [0.25, 0.3) is 0 Å². The average molecular weight is 374 g/mol. The van der Waals surface area contributed by atoms with Crippen molar-refractivity contribution in [3.05, 3.63) is 59.1 Å². The number of carboxylic acids is 1. The van der Waals surface area contributed by atoms with Crippen LogP contribution >= 0.6 is 11.6 Å². The first kappa shape index (κ1) is 18.2. The zero-order valence-electron chi connectivity index (χ0n) is 14.1. The number of nitrogens with one attached hydrogen (secondary N) is 1. The maximum atomic E-state index is 11.6. The second kappa shape index (κ2) is 8.21. The molecule has 0 amide bonds. The summed E-state index contributed by atoms with van der Waals surface area (Å²) in [6.45, 7) is 2.92. The molecule has 1 aliphatic rings. The largest absolute Gasteiger partial charge is 0.478 e. The Morgan fingerprint density at radius 2 is 1.73 bits per heavy atom. The van der Waals surface area contributed by atoms with Crippen LogP contribution in [0.4, 0.5) is 11.4 Å².